The number of carboxylic acid groups (broad SMARTS) is 1. The van der Waals surface area contributed by atoms with Crippen LogP contribution in [0.15, 0.2) is 66.7 Å². The summed E-state index contributed by atoms with van der Waals surface area (Å²) in [5, 5.41) is 11.1. The van der Waals surface area contributed by atoms with Crippen molar-refractivity contribution in [3.05, 3.63) is 89.0 Å². The van der Waals surface area contributed by atoms with Gasteiger partial charge in [-0.1, -0.05) is 0 Å². The molecule has 1 aliphatic rings. The lowest BCUT2D eigenvalue weighted by atomic mass is 10.1. The van der Waals surface area contributed by atoms with Crippen molar-refractivity contribution >= 4 is 28.9 Å². The number of carbonyl (C=O) groups excluding carboxylic acids is 1. The lowest BCUT2D eigenvalue weighted by Gasteiger charge is -2.37. The van der Waals surface area contributed by atoms with Gasteiger partial charge < -0.3 is 20.2 Å². The molecule has 0 saturated carbocycles. The zero-order valence-electron chi connectivity index (χ0n) is 19.6. The van der Waals surface area contributed by atoms with Crippen LogP contribution < -0.4 is 15.1 Å². The average Bonchev–Trinajstić information content (AvgIpc) is 2.88. The molecule has 2 N–H and O–H groups in total. The maximum absolute atomic E-state index is 13.1. The van der Waals surface area contributed by atoms with Crippen molar-refractivity contribution < 1.29 is 41.0 Å². The van der Waals surface area contributed by atoms with Gasteiger partial charge in [-0.25, -0.2) is 4.79 Å². The number of alkyl halides is 6. The number of nitrogens with one attached hydrogen (secondary N) is 1. The number of hydrogen-bond acceptors (Lipinski definition) is 4. The molecule has 0 unspecified atom stereocenters. The predicted octanol–water partition coefficient (Wildman–Crippen LogP) is 6.00. The number of anilines is 3. The predicted molar refractivity (Wildman–Crippen MR) is 129 cm³/mol. The summed E-state index contributed by atoms with van der Waals surface area (Å²) in [7, 11) is 0. The fraction of sp³-hybridized carbons (Fsp3) is 0.231. The second kappa shape index (κ2) is 10.3. The number of nitrogens with zero attached hydrogens (tertiary/aromatic N) is 2. The number of carbonyl (C=O) groups is 2. The van der Waals surface area contributed by atoms with Gasteiger partial charge in [0.2, 0.25) is 0 Å². The first kappa shape index (κ1) is 26.8. The van der Waals surface area contributed by atoms with Crippen LogP contribution in [-0.4, -0.2) is 43.2 Å². The minimum absolute atomic E-state index is 0.00468. The smallest absolute Gasteiger partial charge is 0.416 e. The molecular formula is C26H21F6N3O3. The highest BCUT2D eigenvalue weighted by molar-refractivity contribution is 6.04. The zero-order valence-corrected chi connectivity index (χ0v) is 19.6. The Balaban J connectivity index is 1.41. The van der Waals surface area contributed by atoms with E-state index in [9.17, 15) is 35.9 Å². The molecule has 0 spiro atoms. The van der Waals surface area contributed by atoms with Crippen molar-refractivity contribution in [3.63, 3.8) is 0 Å². The standard InChI is InChI=1S/C26H21F6N3O3/c27-25(28,29)18-13-19(26(30,31)32)15-20(14-18)33-23(36)16-1-5-21(6-2-16)34-9-11-35(12-10-34)22-7-3-17(4-8-22)24(37)38/h1-8,13-15H,9-12H2,(H,33,36)(H,37,38). The third-order valence-corrected chi connectivity index (χ3v) is 6.10. The van der Waals surface area contributed by atoms with Gasteiger partial charge in [0.05, 0.1) is 16.7 Å². The number of carboxylic acids is 1. The van der Waals surface area contributed by atoms with E-state index in [1.165, 1.54) is 24.3 Å². The van der Waals surface area contributed by atoms with E-state index in [1.807, 2.05) is 0 Å². The molecular weight excluding hydrogens is 516 g/mol. The molecule has 1 saturated heterocycles. The Bertz CT molecular complexity index is 1280. The number of rotatable bonds is 5. The first-order valence-electron chi connectivity index (χ1n) is 11.4. The highest BCUT2D eigenvalue weighted by atomic mass is 19.4. The Labute approximate surface area is 213 Å². The van der Waals surface area contributed by atoms with E-state index in [0.717, 1.165) is 11.4 Å². The highest BCUT2D eigenvalue weighted by Crippen LogP contribution is 2.37. The number of piperazine rings is 1. The van der Waals surface area contributed by atoms with Gasteiger partial charge in [-0.3, -0.25) is 4.79 Å². The molecule has 0 bridgehead atoms. The van der Waals surface area contributed by atoms with Gasteiger partial charge in [-0.15, -0.1) is 0 Å². The van der Waals surface area contributed by atoms with E-state index in [1.54, 1.807) is 24.3 Å². The number of benzene rings is 3. The normalized spacial score (nSPS) is 14.4. The van der Waals surface area contributed by atoms with Crippen LogP contribution in [0.2, 0.25) is 0 Å². The van der Waals surface area contributed by atoms with Crippen molar-refractivity contribution in [2.45, 2.75) is 12.4 Å². The third-order valence-electron chi connectivity index (χ3n) is 6.10. The summed E-state index contributed by atoms with van der Waals surface area (Å²) in [6, 6.07) is 13.7. The average molecular weight is 537 g/mol. The Morgan fingerprint density at radius 1 is 0.658 bits per heavy atom. The molecule has 1 heterocycles. The van der Waals surface area contributed by atoms with E-state index >= 15 is 0 Å². The summed E-state index contributed by atoms with van der Waals surface area (Å²) in [6.45, 7) is 2.59. The first-order valence-corrected chi connectivity index (χ1v) is 11.4. The molecule has 1 amide bonds. The van der Waals surface area contributed by atoms with E-state index in [4.69, 9.17) is 5.11 Å². The maximum Gasteiger partial charge on any atom is 0.416 e. The van der Waals surface area contributed by atoms with E-state index in [0.29, 0.717) is 38.3 Å². The van der Waals surface area contributed by atoms with E-state index in [2.05, 4.69) is 15.1 Å². The van der Waals surface area contributed by atoms with Crippen LogP contribution in [0.1, 0.15) is 31.8 Å². The summed E-state index contributed by atoms with van der Waals surface area (Å²) >= 11 is 0. The lowest BCUT2D eigenvalue weighted by molar-refractivity contribution is -0.143. The summed E-state index contributed by atoms with van der Waals surface area (Å²) in [4.78, 5) is 27.7. The summed E-state index contributed by atoms with van der Waals surface area (Å²) < 4.78 is 78.4. The Kier molecular flexibility index (Phi) is 7.25. The molecule has 1 aliphatic heterocycles. The molecule has 0 aromatic heterocycles. The Morgan fingerprint density at radius 3 is 1.42 bits per heavy atom. The molecule has 3 aromatic carbocycles. The molecule has 6 nitrogen and oxygen atoms in total. The van der Waals surface area contributed by atoms with Crippen molar-refractivity contribution in [3.8, 4) is 0 Å². The highest BCUT2D eigenvalue weighted by Gasteiger charge is 2.37. The van der Waals surface area contributed by atoms with Crippen LogP contribution >= 0.6 is 0 Å². The fourth-order valence-electron chi connectivity index (χ4n) is 4.09. The van der Waals surface area contributed by atoms with E-state index < -0.39 is 41.0 Å². The minimum Gasteiger partial charge on any atom is -0.478 e. The van der Waals surface area contributed by atoms with Crippen LogP contribution in [0.4, 0.5) is 43.4 Å². The number of amides is 1. The van der Waals surface area contributed by atoms with Crippen LogP contribution in [-0.2, 0) is 12.4 Å². The van der Waals surface area contributed by atoms with Crippen LogP contribution in [0.3, 0.4) is 0 Å². The summed E-state index contributed by atoms with van der Waals surface area (Å²) in [5.74, 6) is -1.85. The zero-order chi connectivity index (χ0) is 27.7. The van der Waals surface area contributed by atoms with E-state index in [-0.39, 0.29) is 17.2 Å². The molecule has 3 aromatic rings. The second-order valence-corrected chi connectivity index (χ2v) is 8.62. The lowest BCUT2D eigenvalue weighted by Crippen LogP contribution is -2.46. The molecule has 200 valence electrons. The quantitative estimate of drug-likeness (QED) is 0.391. The third kappa shape index (κ3) is 6.18. The SMILES string of the molecule is O=C(O)c1ccc(N2CCN(c3ccc(C(=O)Nc4cc(C(F)(F)F)cc(C(F)(F)F)c4)cc3)CC2)cc1. The molecule has 12 heteroatoms. The maximum atomic E-state index is 13.1. The summed E-state index contributed by atoms with van der Waals surface area (Å²) in [5.41, 5.74) is -1.70. The summed E-state index contributed by atoms with van der Waals surface area (Å²) in [6.07, 6.45) is -10.0. The largest absolute Gasteiger partial charge is 0.478 e. The molecule has 0 aliphatic carbocycles. The van der Waals surface area contributed by atoms with Gasteiger partial charge in [-0.05, 0) is 66.7 Å². The van der Waals surface area contributed by atoms with Crippen molar-refractivity contribution in [1.29, 1.82) is 0 Å². The molecule has 0 atom stereocenters. The molecule has 38 heavy (non-hydrogen) atoms. The Hall–Kier alpha value is -4.22. The first-order chi connectivity index (χ1) is 17.8. The van der Waals surface area contributed by atoms with Gasteiger partial charge in [-0.2, -0.15) is 26.3 Å². The fourth-order valence-corrected chi connectivity index (χ4v) is 4.09. The van der Waals surface area contributed by atoms with Crippen LogP contribution in [0.5, 0.6) is 0 Å². The van der Waals surface area contributed by atoms with Gasteiger partial charge in [0.25, 0.3) is 5.91 Å². The molecule has 1 fully saturated rings. The van der Waals surface area contributed by atoms with Gasteiger partial charge >= 0.3 is 18.3 Å². The van der Waals surface area contributed by atoms with Gasteiger partial charge in [0.1, 0.15) is 0 Å². The monoisotopic (exact) mass is 537 g/mol. The second-order valence-electron chi connectivity index (χ2n) is 8.62. The molecule has 0 radical (unpaired) electrons. The molecule has 4 rings (SSSR count). The Morgan fingerprint density at radius 2 is 1.05 bits per heavy atom. The van der Waals surface area contributed by atoms with Gasteiger partial charge in [0.15, 0.2) is 0 Å². The number of aromatic carboxylic acids is 1. The topological polar surface area (TPSA) is 72.9 Å². The van der Waals surface area contributed by atoms with Crippen LogP contribution in [0, 0.1) is 0 Å². The van der Waals surface area contributed by atoms with Crippen molar-refractivity contribution in [1.82, 2.24) is 0 Å². The number of hydrogen-bond donors (Lipinski definition) is 2. The van der Waals surface area contributed by atoms with Crippen molar-refractivity contribution in [2.75, 3.05) is 41.3 Å². The minimum atomic E-state index is -5.02. The van der Waals surface area contributed by atoms with Gasteiger partial charge in [0, 0.05) is 48.8 Å². The van der Waals surface area contributed by atoms with Crippen molar-refractivity contribution in [2.24, 2.45) is 0 Å². The van der Waals surface area contributed by atoms with Crippen LogP contribution in [0.25, 0.3) is 0 Å². The number of halogens is 6.